The molecule has 0 radical (unpaired) electrons. The number of hydrogen-bond donors (Lipinski definition) is 1. The number of carbonyl (C=O) groups is 2. The first kappa shape index (κ1) is 23.8. The van der Waals surface area contributed by atoms with Crippen LogP contribution in [0.2, 0.25) is 10.0 Å². The van der Waals surface area contributed by atoms with E-state index in [1.54, 1.807) is 42.5 Å². The molecule has 0 aliphatic carbocycles. The molecule has 1 saturated heterocycles. The molecular weight excluding hydrogens is 480 g/mol. The smallest absolute Gasteiger partial charge is 0.295 e. The van der Waals surface area contributed by atoms with E-state index in [4.69, 9.17) is 27.9 Å². The molecule has 0 spiro atoms. The van der Waals surface area contributed by atoms with E-state index in [1.165, 1.54) is 36.3 Å². The number of aliphatic hydroxyl groups is 1. The lowest BCUT2D eigenvalue weighted by Crippen LogP contribution is -2.31. The Labute approximate surface area is 206 Å². The van der Waals surface area contributed by atoms with Gasteiger partial charge < -0.3 is 14.7 Å². The van der Waals surface area contributed by atoms with Crippen LogP contribution in [0.1, 0.15) is 22.7 Å². The van der Waals surface area contributed by atoms with Crippen LogP contribution in [-0.4, -0.2) is 35.4 Å². The van der Waals surface area contributed by atoms with Crippen molar-refractivity contribution < 1.29 is 23.8 Å². The molecule has 1 amide bonds. The Morgan fingerprint density at radius 3 is 2.35 bits per heavy atom. The van der Waals surface area contributed by atoms with Gasteiger partial charge in [-0.15, -0.1) is 0 Å². The summed E-state index contributed by atoms with van der Waals surface area (Å²) in [5, 5.41) is 12.0. The van der Waals surface area contributed by atoms with E-state index in [0.29, 0.717) is 27.8 Å². The van der Waals surface area contributed by atoms with Gasteiger partial charge in [0.1, 0.15) is 17.3 Å². The molecule has 1 unspecified atom stereocenters. The molecular formula is C26H20Cl2FNO4. The minimum absolute atomic E-state index is 0.0456. The second-order valence-electron chi connectivity index (χ2n) is 7.77. The van der Waals surface area contributed by atoms with Gasteiger partial charge in [-0.2, -0.15) is 0 Å². The molecule has 0 bridgehead atoms. The number of ether oxygens (including phenoxy) is 1. The summed E-state index contributed by atoms with van der Waals surface area (Å²) in [5.74, 6) is -1.91. The lowest BCUT2D eigenvalue weighted by atomic mass is 9.95. The number of rotatable bonds is 6. The van der Waals surface area contributed by atoms with E-state index in [0.717, 1.165) is 5.56 Å². The highest BCUT2D eigenvalue weighted by molar-refractivity contribution is 6.46. The van der Waals surface area contributed by atoms with Crippen LogP contribution in [-0.2, 0) is 16.0 Å². The second kappa shape index (κ2) is 9.87. The number of aliphatic hydroxyl groups excluding tert-OH is 1. The SMILES string of the molecule is COc1cc(/C(O)=C2/C(=O)C(=O)N(CCc3ccc(F)cc3)C2c2ccc(Cl)cc2)ccc1Cl. The molecule has 1 aliphatic heterocycles. The fourth-order valence-electron chi connectivity index (χ4n) is 3.97. The van der Waals surface area contributed by atoms with Crippen LogP contribution in [0.4, 0.5) is 4.39 Å². The number of Topliss-reactive ketones (excluding diaryl/α,β-unsaturated/α-hetero) is 1. The Morgan fingerprint density at radius 1 is 1.03 bits per heavy atom. The highest BCUT2D eigenvalue weighted by Crippen LogP contribution is 2.40. The van der Waals surface area contributed by atoms with Crippen molar-refractivity contribution >= 4 is 40.7 Å². The van der Waals surface area contributed by atoms with Crippen LogP contribution in [0.15, 0.2) is 72.3 Å². The van der Waals surface area contributed by atoms with Crippen LogP contribution in [0.5, 0.6) is 5.75 Å². The summed E-state index contributed by atoms with van der Waals surface area (Å²) in [7, 11) is 1.44. The summed E-state index contributed by atoms with van der Waals surface area (Å²) in [5.41, 5.74) is 1.67. The first-order chi connectivity index (χ1) is 16.3. The number of ketones is 1. The molecule has 0 saturated carbocycles. The quantitative estimate of drug-likeness (QED) is 0.264. The van der Waals surface area contributed by atoms with Gasteiger partial charge >= 0.3 is 0 Å². The molecule has 5 nitrogen and oxygen atoms in total. The second-order valence-corrected chi connectivity index (χ2v) is 8.61. The number of halogens is 3. The van der Waals surface area contributed by atoms with Gasteiger partial charge in [0, 0.05) is 17.1 Å². The van der Waals surface area contributed by atoms with Gasteiger partial charge in [0.25, 0.3) is 11.7 Å². The van der Waals surface area contributed by atoms with Gasteiger partial charge in [0.2, 0.25) is 0 Å². The zero-order valence-corrected chi connectivity index (χ0v) is 19.6. The molecule has 4 rings (SSSR count). The van der Waals surface area contributed by atoms with E-state index < -0.39 is 17.7 Å². The van der Waals surface area contributed by atoms with E-state index >= 15 is 0 Å². The van der Waals surface area contributed by atoms with Crippen LogP contribution < -0.4 is 4.74 Å². The number of benzene rings is 3. The Kier molecular flexibility index (Phi) is 6.91. The fraction of sp³-hybridized carbons (Fsp3) is 0.154. The van der Waals surface area contributed by atoms with Gasteiger partial charge in [0.15, 0.2) is 0 Å². The Hall–Kier alpha value is -3.35. The molecule has 8 heteroatoms. The molecule has 1 fully saturated rings. The maximum atomic E-state index is 13.3. The predicted molar refractivity (Wildman–Crippen MR) is 129 cm³/mol. The highest BCUT2D eigenvalue weighted by Gasteiger charge is 2.45. The zero-order valence-electron chi connectivity index (χ0n) is 18.1. The molecule has 0 aromatic heterocycles. The average Bonchev–Trinajstić information content (AvgIpc) is 3.09. The third kappa shape index (κ3) is 4.65. The monoisotopic (exact) mass is 499 g/mol. The Morgan fingerprint density at radius 2 is 1.71 bits per heavy atom. The molecule has 1 atom stereocenters. The van der Waals surface area contributed by atoms with Gasteiger partial charge in [-0.3, -0.25) is 9.59 Å². The number of nitrogens with zero attached hydrogens (tertiary/aromatic N) is 1. The molecule has 1 aliphatic rings. The fourth-order valence-corrected chi connectivity index (χ4v) is 4.29. The summed E-state index contributed by atoms with van der Waals surface area (Å²) in [6, 6.07) is 16.4. The maximum absolute atomic E-state index is 13.3. The lowest BCUT2D eigenvalue weighted by Gasteiger charge is -2.25. The lowest BCUT2D eigenvalue weighted by molar-refractivity contribution is -0.139. The third-order valence-electron chi connectivity index (χ3n) is 5.70. The highest BCUT2D eigenvalue weighted by atomic mass is 35.5. The number of methoxy groups -OCH3 is 1. The minimum atomic E-state index is -0.834. The molecule has 3 aromatic carbocycles. The van der Waals surface area contributed by atoms with Gasteiger partial charge in [-0.1, -0.05) is 47.5 Å². The summed E-state index contributed by atoms with van der Waals surface area (Å²) in [4.78, 5) is 27.6. The normalized spacial score (nSPS) is 17.3. The van der Waals surface area contributed by atoms with Crippen molar-refractivity contribution in [3.63, 3.8) is 0 Å². The first-order valence-corrected chi connectivity index (χ1v) is 11.2. The predicted octanol–water partition coefficient (Wildman–Crippen LogP) is 5.81. The van der Waals surface area contributed by atoms with Gasteiger partial charge in [0.05, 0.1) is 23.7 Å². The standard InChI is InChI=1S/C26H20Cl2FNO4/c1-34-21-14-17(6-11-20(21)28)24(31)22-23(16-4-7-18(27)8-5-16)30(26(33)25(22)32)13-12-15-2-9-19(29)10-3-15/h2-11,14,23,31H,12-13H2,1H3/b24-22-. The molecule has 174 valence electrons. The molecule has 34 heavy (non-hydrogen) atoms. The Balaban J connectivity index is 1.78. The van der Waals surface area contributed by atoms with Crippen LogP contribution >= 0.6 is 23.2 Å². The molecule has 3 aromatic rings. The van der Waals surface area contributed by atoms with Crippen LogP contribution in [0.25, 0.3) is 5.76 Å². The topological polar surface area (TPSA) is 66.8 Å². The average molecular weight is 500 g/mol. The number of carbonyl (C=O) groups excluding carboxylic acids is 2. The minimum Gasteiger partial charge on any atom is -0.507 e. The Bertz CT molecular complexity index is 1270. The summed E-state index contributed by atoms with van der Waals surface area (Å²) in [6.45, 7) is 0.185. The third-order valence-corrected chi connectivity index (χ3v) is 6.27. The summed E-state index contributed by atoms with van der Waals surface area (Å²) in [6.07, 6.45) is 0.395. The van der Waals surface area contributed by atoms with Crippen molar-refractivity contribution in [2.24, 2.45) is 0 Å². The number of likely N-dealkylation sites (tertiary alicyclic amines) is 1. The number of amides is 1. The van der Waals surface area contributed by atoms with Gasteiger partial charge in [-0.25, -0.2) is 4.39 Å². The van der Waals surface area contributed by atoms with Crippen LogP contribution in [0.3, 0.4) is 0 Å². The van der Waals surface area contributed by atoms with Crippen molar-refractivity contribution in [1.29, 1.82) is 0 Å². The van der Waals surface area contributed by atoms with Crippen molar-refractivity contribution in [1.82, 2.24) is 4.90 Å². The van der Waals surface area contributed by atoms with Crippen LogP contribution in [0, 0.1) is 5.82 Å². The van der Waals surface area contributed by atoms with E-state index in [2.05, 4.69) is 0 Å². The summed E-state index contributed by atoms with van der Waals surface area (Å²) >= 11 is 12.1. The maximum Gasteiger partial charge on any atom is 0.295 e. The first-order valence-electron chi connectivity index (χ1n) is 10.4. The molecule has 1 N–H and O–H groups in total. The van der Waals surface area contributed by atoms with Crippen molar-refractivity contribution in [3.05, 3.63) is 105 Å². The zero-order chi connectivity index (χ0) is 24.4. The van der Waals surface area contributed by atoms with Crippen molar-refractivity contribution in [3.8, 4) is 5.75 Å². The number of hydrogen-bond acceptors (Lipinski definition) is 4. The van der Waals surface area contributed by atoms with Crippen molar-refractivity contribution in [2.75, 3.05) is 13.7 Å². The van der Waals surface area contributed by atoms with E-state index in [1.807, 2.05) is 0 Å². The summed E-state index contributed by atoms with van der Waals surface area (Å²) < 4.78 is 18.5. The molecule has 1 heterocycles. The van der Waals surface area contributed by atoms with E-state index in [-0.39, 0.29) is 29.3 Å². The largest absolute Gasteiger partial charge is 0.507 e. The van der Waals surface area contributed by atoms with Crippen molar-refractivity contribution in [2.45, 2.75) is 12.5 Å². The van der Waals surface area contributed by atoms with E-state index in [9.17, 15) is 19.1 Å². The van der Waals surface area contributed by atoms with Gasteiger partial charge in [-0.05, 0) is 60.0 Å².